The molecule has 0 aliphatic heterocycles. The van der Waals surface area contributed by atoms with E-state index in [1.165, 1.54) is 21.9 Å². The monoisotopic (exact) mass is 298 g/mol. The molecule has 0 fully saturated rings. The standard InChI is InChI=1S/C18H22N2O2/c1-3-9-19-18(21)20-14-10-13-6-4-5-12-7-8-16(22-2)15(11-14)17(12)13/h4-8,14H,3,9-11H2,1-2H3,(H2,19,20,21). The van der Waals surface area contributed by atoms with Gasteiger partial charge in [0.15, 0.2) is 0 Å². The van der Waals surface area contributed by atoms with Crippen LogP contribution in [0.3, 0.4) is 0 Å². The summed E-state index contributed by atoms with van der Waals surface area (Å²) in [7, 11) is 1.70. The lowest BCUT2D eigenvalue weighted by atomic mass is 9.85. The Bertz CT molecular complexity index is 697. The summed E-state index contributed by atoms with van der Waals surface area (Å²) in [5, 5.41) is 8.48. The zero-order chi connectivity index (χ0) is 15.5. The topological polar surface area (TPSA) is 50.4 Å². The van der Waals surface area contributed by atoms with Crippen molar-refractivity contribution in [3.05, 3.63) is 41.5 Å². The number of carbonyl (C=O) groups is 1. The molecule has 22 heavy (non-hydrogen) atoms. The number of amides is 2. The second-order valence-corrected chi connectivity index (χ2v) is 5.77. The molecule has 1 aliphatic carbocycles. The van der Waals surface area contributed by atoms with Gasteiger partial charge in [-0.2, -0.15) is 0 Å². The molecule has 1 unspecified atom stereocenters. The predicted octanol–water partition coefficient (Wildman–Crippen LogP) is 3.02. The van der Waals surface area contributed by atoms with Crippen LogP contribution >= 0.6 is 0 Å². The zero-order valence-electron chi connectivity index (χ0n) is 13.1. The van der Waals surface area contributed by atoms with Crippen molar-refractivity contribution in [1.82, 2.24) is 10.6 Å². The van der Waals surface area contributed by atoms with E-state index in [1.54, 1.807) is 7.11 Å². The van der Waals surface area contributed by atoms with Crippen LogP contribution in [-0.2, 0) is 12.8 Å². The van der Waals surface area contributed by atoms with Crippen molar-refractivity contribution in [2.45, 2.75) is 32.2 Å². The minimum atomic E-state index is -0.0858. The minimum absolute atomic E-state index is 0.0858. The van der Waals surface area contributed by atoms with Crippen LogP contribution in [0.25, 0.3) is 10.8 Å². The van der Waals surface area contributed by atoms with Gasteiger partial charge >= 0.3 is 6.03 Å². The summed E-state index contributed by atoms with van der Waals surface area (Å²) >= 11 is 0. The number of ether oxygens (including phenoxy) is 1. The van der Waals surface area contributed by atoms with Crippen LogP contribution in [0.15, 0.2) is 30.3 Å². The van der Waals surface area contributed by atoms with Gasteiger partial charge in [0.05, 0.1) is 7.11 Å². The smallest absolute Gasteiger partial charge is 0.315 e. The number of hydrogen-bond acceptors (Lipinski definition) is 2. The van der Waals surface area contributed by atoms with E-state index in [1.807, 2.05) is 13.0 Å². The molecule has 4 heteroatoms. The summed E-state index contributed by atoms with van der Waals surface area (Å²) in [5.74, 6) is 0.903. The first-order valence-electron chi connectivity index (χ1n) is 7.84. The molecular weight excluding hydrogens is 276 g/mol. The van der Waals surface area contributed by atoms with Gasteiger partial charge in [-0.1, -0.05) is 31.2 Å². The highest BCUT2D eigenvalue weighted by Gasteiger charge is 2.24. The molecule has 1 aliphatic rings. The van der Waals surface area contributed by atoms with Crippen molar-refractivity contribution in [3.63, 3.8) is 0 Å². The molecule has 1 atom stereocenters. The molecule has 0 bridgehead atoms. The quantitative estimate of drug-likeness (QED) is 0.911. The van der Waals surface area contributed by atoms with Crippen LogP contribution in [0.2, 0.25) is 0 Å². The fourth-order valence-electron chi connectivity index (χ4n) is 3.24. The number of nitrogens with one attached hydrogen (secondary N) is 2. The lowest BCUT2D eigenvalue weighted by molar-refractivity contribution is 0.236. The molecular formula is C18H22N2O2. The molecule has 0 aromatic heterocycles. The van der Waals surface area contributed by atoms with Gasteiger partial charge in [-0.05, 0) is 41.7 Å². The number of urea groups is 1. The fourth-order valence-corrected chi connectivity index (χ4v) is 3.24. The van der Waals surface area contributed by atoms with E-state index in [-0.39, 0.29) is 12.1 Å². The molecule has 2 aromatic rings. The summed E-state index contributed by atoms with van der Waals surface area (Å²) in [6.07, 6.45) is 2.60. The third-order valence-electron chi connectivity index (χ3n) is 4.20. The molecule has 2 amide bonds. The van der Waals surface area contributed by atoms with Crippen LogP contribution in [-0.4, -0.2) is 25.7 Å². The maximum absolute atomic E-state index is 11.9. The fraction of sp³-hybridized carbons (Fsp3) is 0.389. The highest BCUT2D eigenvalue weighted by atomic mass is 16.5. The second kappa shape index (κ2) is 6.26. The summed E-state index contributed by atoms with van der Waals surface area (Å²) in [6.45, 7) is 2.75. The van der Waals surface area contributed by atoms with Crippen LogP contribution < -0.4 is 15.4 Å². The van der Waals surface area contributed by atoms with Gasteiger partial charge in [-0.3, -0.25) is 0 Å². The summed E-state index contributed by atoms with van der Waals surface area (Å²) < 4.78 is 5.52. The van der Waals surface area contributed by atoms with Gasteiger partial charge < -0.3 is 15.4 Å². The lowest BCUT2D eigenvalue weighted by Gasteiger charge is -2.27. The highest BCUT2D eigenvalue weighted by molar-refractivity contribution is 5.92. The number of hydrogen-bond donors (Lipinski definition) is 2. The van der Waals surface area contributed by atoms with Gasteiger partial charge in [0.1, 0.15) is 5.75 Å². The van der Waals surface area contributed by atoms with Crippen LogP contribution in [0.5, 0.6) is 5.75 Å². The van der Waals surface area contributed by atoms with Crippen molar-refractivity contribution >= 4 is 16.8 Å². The number of methoxy groups -OCH3 is 1. The number of benzene rings is 2. The molecule has 0 radical (unpaired) electrons. The van der Waals surface area contributed by atoms with Gasteiger partial charge in [-0.25, -0.2) is 4.79 Å². The molecule has 0 heterocycles. The van der Waals surface area contributed by atoms with Gasteiger partial charge in [0.25, 0.3) is 0 Å². The first-order valence-corrected chi connectivity index (χ1v) is 7.84. The average Bonchev–Trinajstić information content (AvgIpc) is 2.53. The van der Waals surface area contributed by atoms with E-state index in [0.717, 1.165) is 25.0 Å². The number of carbonyl (C=O) groups excluding carboxylic acids is 1. The third kappa shape index (κ3) is 2.73. The normalized spacial score (nSPS) is 16.4. The molecule has 4 nitrogen and oxygen atoms in total. The first-order chi connectivity index (χ1) is 10.7. The van der Waals surface area contributed by atoms with Gasteiger partial charge in [-0.15, -0.1) is 0 Å². The SMILES string of the molecule is CCCNC(=O)NC1Cc2cccc3ccc(OC)c(c23)C1. The maximum Gasteiger partial charge on any atom is 0.315 e. The van der Waals surface area contributed by atoms with Crippen molar-refractivity contribution in [3.8, 4) is 5.75 Å². The van der Waals surface area contributed by atoms with E-state index >= 15 is 0 Å². The Balaban J connectivity index is 1.88. The second-order valence-electron chi connectivity index (χ2n) is 5.77. The van der Waals surface area contributed by atoms with Crippen molar-refractivity contribution in [2.75, 3.05) is 13.7 Å². The van der Waals surface area contributed by atoms with E-state index < -0.39 is 0 Å². The average molecular weight is 298 g/mol. The molecule has 2 N–H and O–H groups in total. The van der Waals surface area contributed by atoms with Crippen molar-refractivity contribution in [2.24, 2.45) is 0 Å². The van der Waals surface area contributed by atoms with E-state index in [0.29, 0.717) is 6.54 Å². The Morgan fingerprint density at radius 1 is 1.27 bits per heavy atom. The van der Waals surface area contributed by atoms with E-state index in [9.17, 15) is 4.79 Å². The van der Waals surface area contributed by atoms with Crippen LogP contribution in [0.4, 0.5) is 4.79 Å². The Morgan fingerprint density at radius 3 is 2.91 bits per heavy atom. The molecule has 3 rings (SSSR count). The molecule has 0 saturated carbocycles. The van der Waals surface area contributed by atoms with E-state index in [4.69, 9.17) is 4.74 Å². The lowest BCUT2D eigenvalue weighted by Crippen LogP contribution is -2.45. The van der Waals surface area contributed by atoms with Gasteiger partial charge in [0.2, 0.25) is 0 Å². The molecule has 0 saturated heterocycles. The third-order valence-corrected chi connectivity index (χ3v) is 4.20. The van der Waals surface area contributed by atoms with Crippen LogP contribution in [0, 0.1) is 0 Å². The predicted molar refractivity (Wildman–Crippen MR) is 88.5 cm³/mol. The Morgan fingerprint density at radius 2 is 2.14 bits per heavy atom. The zero-order valence-corrected chi connectivity index (χ0v) is 13.1. The summed E-state index contributed by atoms with van der Waals surface area (Å²) in [6, 6.07) is 10.5. The Kier molecular flexibility index (Phi) is 4.18. The molecule has 116 valence electrons. The maximum atomic E-state index is 11.9. The largest absolute Gasteiger partial charge is 0.496 e. The molecule has 0 spiro atoms. The molecule has 2 aromatic carbocycles. The van der Waals surface area contributed by atoms with Crippen LogP contribution in [0.1, 0.15) is 24.5 Å². The Hall–Kier alpha value is -2.23. The van der Waals surface area contributed by atoms with Gasteiger partial charge in [0, 0.05) is 18.2 Å². The van der Waals surface area contributed by atoms with Crippen molar-refractivity contribution < 1.29 is 9.53 Å². The number of rotatable bonds is 4. The summed E-state index contributed by atoms with van der Waals surface area (Å²) in [5.41, 5.74) is 2.47. The summed E-state index contributed by atoms with van der Waals surface area (Å²) in [4.78, 5) is 11.9. The van der Waals surface area contributed by atoms with Crippen molar-refractivity contribution in [1.29, 1.82) is 0 Å². The first kappa shape index (κ1) is 14.7. The highest BCUT2D eigenvalue weighted by Crippen LogP contribution is 2.35. The Labute approximate surface area is 130 Å². The minimum Gasteiger partial charge on any atom is -0.496 e. The van der Waals surface area contributed by atoms with E-state index in [2.05, 4.69) is 34.9 Å².